The molecule has 1 aliphatic rings. The molecule has 1 saturated heterocycles. The normalized spacial score (nSPS) is 19.6. The Morgan fingerprint density at radius 3 is 2.89 bits per heavy atom. The van der Waals surface area contributed by atoms with Gasteiger partial charge in [-0.15, -0.1) is 12.4 Å². The zero-order chi connectivity index (χ0) is 12.5. The van der Waals surface area contributed by atoms with Crippen molar-refractivity contribution in [1.82, 2.24) is 9.88 Å². The molecule has 2 aromatic rings. The minimum Gasteiger partial charge on any atom is -0.326 e. The highest BCUT2D eigenvalue weighted by molar-refractivity contribution is 6.30. The molecule has 1 aromatic carbocycles. The highest BCUT2D eigenvalue weighted by Gasteiger charge is 2.20. The first-order chi connectivity index (χ1) is 8.72. The summed E-state index contributed by atoms with van der Waals surface area (Å²) in [5, 5.41) is 1.74. The molecule has 5 heteroatoms. The second kappa shape index (κ2) is 6.06. The fourth-order valence-electron chi connectivity index (χ4n) is 2.49. The van der Waals surface area contributed by atoms with Gasteiger partial charge in [0, 0.05) is 36.6 Å². The summed E-state index contributed by atoms with van der Waals surface area (Å²) >= 11 is 6.25. The third kappa shape index (κ3) is 3.18. The minimum absolute atomic E-state index is 0. The van der Waals surface area contributed by atoms with Gasteiger partial charge in [0.05, 0.1) is 5.52 Å². The topological polar surface area (TPSA) is 42.1 Å². The van der Waals surface area contributed by atoms with Crippen molar-refractivity contribution in [2.24, 2.45) is 5.73 Å². The number of nitrogens with zero attached hydrogens (tertiary/aromatic N) is 2. The molecule has 0 radical (unpaired) electrons. The first-order valence-corrected chi connectivity index (χ1v) is 6.62. The quantitative estimate of drug-likeness (QED) is 0.867. The summed E-state index contributed by atoms with van der Waals surface area (Å²) in [5.74, 6) is 0. The highest BCUT2D eigenvalue weighted by atomic mass is 35.5. The summed E-state index contributed by atoms with van der Waals surface area (Å²) in [5.41, 5.74) is 7.95. The maximum atomic E-state index is 6.25. The van der Waals surface area contributed by atoms with E-state index in [4.69, 9.17) is 17.3 Å². The lowest BCUT2D eigenvalue weighted by Crippen LogP contribution is -2.26. The van der Waals surface area contributed by atoms with E-state index in [2.05, 4.69) is 22.0 Å². The number of nitrogens with two attached hydrogens (primary N) is 1. The lowest BCUT2D eigenvalue weighted by atomic mass is 10.1. The molecule has 2 heterocycles. The van der Waals surface area contributed by atoms with Gasteiger partial charge in [0.25, 0.3) is 0 Å². The van der Waals surface area contributed by atoms with Crippen LogP contribution in [0.2, 0.25) is 5.15 Å². The summed E-state index contributed by atoms with van der Waals surface area (Å²) in [6.45, 7) is 2.83. The van der Waals surface area contributed by atoms with E-state index in [9.17, 15) is 0 Å². The molecule has 2 N–H and O–H groups in total. The van der Waals surface area contributed by atoms with E-state index in [1.165, 1.54) is 0 Å². The Morgan fingerprint density at radius 2 is 2.16 bits per heavy atom. The van der Waals surface area contributed by atoms with Gasteiger partial charge >= 0.3 is 0 Å². The summed E-state index contributed by atoms with van der Waals surface area (Å²) in [7, 11) is 0. The van der Waals surface area contributed by atoms with Gasteiger partial charge in [-0.1, -0.05) is 29.8 Å². The third-order valence-electron chi connectivity index (χ3n) is 3.45. The number of likely N-dealkylation sites (tertiary alicyclic amines) is 1. The predicted molar refractivity (Wildman–Crippen MR) is 81.9 cm³/mol. The number of hydrogen-bond donors (Lipinski definition) is 1. The zero-order valence-electron chi connectivity index (χ0n) is 10.6. The van der Waals surface area contributed by atoms with Crippen molar-refractivity contribution in [3.63, 3.8) is 0 Å². The van der Waals surface area contributed by atoms with E-state index < -0.39 is 0 Å². The number of fused-ring (bicyclic) bond motifs is 1. The van der Waals surface area contributed by atoms with Crippen molar-refractivity contribution in [2.75, 3.05) is 13.1 Å². The monoisotopic (exact) mass is 297 g/mol. The van der Waals surface area contributed by atoms with Crippen molar-refractivity contribution < 1.29 is 0 Å². The van der Waals surface area contributed by atoms with E-state index in [0.717, 1.165) is 42.5 Å². The molecule has 3 rings (SSSR count). The van der Waals surface area contributed by atoms with Crippen molar-refractivity contribution >= 4 is 34.9 Å². The second-order valence-corrected chi connectivity index (χ2v) is 5.27. The molecule has 1 atom stereocenters. The minimum atomic E-state index is 0. The Kier molecular flexibility index (Phi) is 4.63. The van der Waals surface area contributed by atoms with Gasteiger partial charge in [-0.3, -0.25) is 4.90 Å². The average molecular weight is 298 g/mol. The van der Waals surface area contributed by atoms with Gasteiger partial charge in [0.15, 0.2) is 0 Å². The molecule has 1 aromatic heterocycles. The van der Waals surface area contributed by atoms with Crippen LogP contribution in [0.25, 0.3) is 10.9 Å². The summed E-state index contributed by atoms with van der Waals surface area (Å²) in [6.07, 6.45) is 1.07. The Morgan fingerprint density at radius 1 is 1.37 bits per heavy atom. The van der Waals surface area contributed by atoms with Gasteiger partial charge in [-0.25, -0.2) is 4.98 Å². The number of aromatic nitrogens is 1. The van der Waals surface area contributed by atoms with Crippen LogP contribution in [0.15, 0.2) is 30.3 Å². The lowest BCUT2D eigenvalue weighted by Gasteiger charge is -2.16. The van der Waals surface area contributed by atoms with Crippen LogP contribution in [0.4, 0.5) is 0 Å². The number of halogens is 2. The fraction of sp³-hybridized carbons (Fsp3) is 0.357. The molecule has 0 spiro atoms. The van der Waals surface area contributed by atoms with Crippen LogP contribution in [0.1, 0.15) is 12.0 Å². The Labute approximate surface area is 124 Å². The molecule has 3 nitrogen and oxygen atoms in total. The molecular formula is C14H17Cl2N3. The molecule has 0 saturated carbocycles. The van der Waals surface area contributed by atoms with Crippen LogP contribution in [-0.4, -0.2) is 29.0 Å². The largest absolute Gasteiger partial charge is 0.326 e. The van der Waals surface area contributed by atoms with Crippen molar-refractivity contribution in [2.45, 2.75) is 19.0 Å². The van der Waals surface area contributed by atoms with E-state index in [0.29, 0.717) is 11.2 Å². The fourth-order valence-corrected chi connectivity index (χ4v) is 2.70. The van der Waals surface area contributed by atoms with Crippen LogP contribution in [0.3, 0.4) is 0 Å². The molecule has 1 aliphatic heterocycles. The highest BCUT2D eigenvalue weighted by Crippen LogP contribution is 2.23. The summed E-state index contributed by atoms with van der Waals surface area (Å²) < 4.78 is 0. The molecule has 19 heavy (non-hydrogen) atoms. The average Bonchev–Trinajstić information content (AvgIpc) is 2.76. The maximum Gasteiger partial charge on any atom is 0.134 e. The van der Waals surface area contributed by atoms with Crippen LogP contribution in [-0.2, 0) is 6.54 Å². The van der Waals surface area contributed by atoms with E-state index in [1.807, 2.05) is 18.2 Å². The number of rotatable bonds is 2. The van der Waals surface area contributed by atoms with Crippen LogP contribution >= 0.6 is 24.0 Å². The maximum absolute atomic E-state index is 6.25. The van der Waals surface area contributed by atoms with Crippen molar-refractivity contribution in [1.29, 1.82) is 0 Å². The summed E-state index contributed by atoms with van der Waals surface area (Å²) in [6, 6.07) is 10.5. The van der Waals surface area contributed by atoms with Gasteiger partial charge in [-0.2, -0.15) is 0 Å². The Balaban J connectivity index is 0.00000133. The Hall–Kier alpha value is -0.870. The number of para-hydroxylation sites is 1. The number of hydrogen-bond acceptors (Lipinski definition) is 3. The van der Waals surface area contributed by atoms with Crippen LogP contribution < -0.4 is 5.73 Å². The third-order valence-corrected chi connectivity index (χ3v) is 3.78. The number of benzene rings is 1. The van der Waals surface area contributed by atoms with Crippen LogP contribution in [0, 0.1) is 0 Å². The first kappa shape index (κ1) is 14.5. The van der Waals surface area contributed by atoms with E-state index in [1.54, 1.807) is 0 Å². The molecule has 0 amide bonds. The molecule has 0 unspecified atom stereocenters. The predicted octanol–water partition coefficient (Wildman–Crippen LogP) is 2.84. The molecule has 102 valence electrons. The van der Waals surface area contributed by atoms with E-state index >= 15 is 0 Å². The smallest absolute Gasteiger partial charge is 0.134 e. The Bertz CT molecular complexity index is 574. The van der Waals surface area contributed by atoms with Gasteiger partial charge in [-0.05, 0) is 18.6 Å². The molecular weight excluding hydrogens is 281 g/mol. The second-order valence-electron chi connectivity index (χ2n) is 4.91. The van der Waals surface area contributed by atoms with E-state index in [-0.39, 0.29) is 12.4 Å². The van der Waals surface area contributed by atoms with Crippen molar-refractivity contribution in [3.05, 3.63) is 41.0 Å². The molecule has 0 aliphatic carbocycles. The molecule has 0 bridgehead atoms. The summed E-state index contributed by atoms with van der Waals surface area (Å²) in [4.78, 5) is 6.78. The zero-order valence-corrected chi connectivity index (χ0v) is 12.1. The van der Waals surface area contributed by atoms with Gasteiger partial charge in [0.2, 0.25) is 0 Å². The molecule has 1 fully saturated rings. The number of pyridine rings is 1. The van der Waals surface area contributed by atoms with Gasteiger partial charge in [0.1, 0.15) is 5.15 Å². The standard InChI is InChI=1S/C14H16ClN3.ClH/c15-14-11(8-18-6-5-12(16)9-18)7-10-3-1-2-4-13(10)17-14;/h1-4,7,12H,5-6,8-9,16H2;1H/t12-;/m0./s1. The van der Waals surface area contributed by atoms with Gasteiger partial charge < -0.3 is 5.73 Å². The lowest BCUT2D eigenvalue weighted by molar-refractivity contribution is 0.327. The van der Waals surface area contributed by atoms with Crippen LogP contribution in [0.5, 0.6) is 0 Å². The van der Waals surface area contributed by atoms with Crippen molar-refractivity contribution in [3.8, 4) is 0 Å². The first-order valence-electron chi connectivity index (χ1n) is 6.24. The SMILES string of the molecule is Cl.N[C@H]1CCN(Cc2cc3ccccc3nc2Cl)C1.